The number of carboxylic acids is 1. The van der Waals surface area contributed by atoms with Crippen molar-refractivity contribution in [3.8, 4) is 0 Å². The number of aliphatic carboxylic acids is 1. The van der Waals surface area contributed by atoms with E-state index in [2.05, 4.69) is 11.9 Å². The average Bonchev–Trinajstić information content (AvgIpc) is 3.07. The van der Waals surface area contributed by atoms with Gasteiger partial charge in [0.2, 0.25) is 0 Å². The molecule has 0 atom stereocenters. The number of carbonyl (C=O) groups is 2. The summed E-state index contributed by atoms with van der Waals surface area (Å²) >= 11 is 1.58. The van der Waals surface area contributed by atoms with Gasteiger partial charge in [-0.15, -0.1) is 0 Å². The molecular formula is C17H23F3N2O4S. The molecule has 0 aromatic carbocycles. The SMILES string of the molecule is CN1CCOCC2(CCN(C(=O)c3ccsc3)CC2)C1.O=C(O)C(F)(F)F. The van der Waals surface area contributed by atoms with E-state index in [9.17, 15) is 18.0 Å². The van der Waals surface area contributed by atoms with Crippen molar-refractivity contribution in [2.24, 2.45) is 5.41 Å². The Labute approximate surface area is 159 Å². The van der Waals surface area contributed by atoms with Gasteiger partial charge >= 0.3 is 12.1 Å². The lowest BCUT2D eigenvalue weighted by Crippen LogP contribution is -2.48. The highest BCUT2D eigenvalue weighted by Crippen LogP contribution is 2.34. The zero-order chi connectivity index (χ0) is 20.1. The number of nitrogens with zero attached hydrogens (tertiary/aromatic N) is 2. The highest BCUT2D eigenvalue weighted by atomic mass is 32.1. The molecule has 0 aliphatic carbocycles. The summed E-state index contributed by atoms with van der Waals surface area (Å²) in [7, 11) is 2.17. The molecule has 0 radical (unpaired) electrons. The summed E-state index contributed by atoms with van der Waals surface area (Å²) in [5.74, 6) is -2.57. The number of alkyl halides is 3. The predicted octanol–water partition coefficient (Wildman–Crippen LogP) is 2.57. The summed E-state index contributed by atoms with van der Waals surface area (Å²) in [5, 5.41) is 11.0. The summed E-state index contributed by atoms with van der Waals surface area (Å²) in [4.78, 5) is 25.6. The lowest BCUT2D eigenvalue weighted by atomic mass is 9.78. The molecule has 152 valence electrons. The van der Waals surface area contributed by atoms with Crippen LogP contribution >= 0.6 is 11.3 Å². The molecule has 1 aromatic heterocycles. The number of rotatable bonds is 1. The van der Waals surface area contributed by atoms with Crippen LogP contribution in [0.3, 0.4) is 0 Å². The largest absolute Gasteiger partial charge is 0.490 e. The number of likely N-dealkylation sites (N-methyl/N-ethyl adjacent to an activating group) is 1. The Hall–Kier alpha value is -1.65. The van der Waals surface area contributed by atoms with Crippen LogP contribution in [0.25, 0.3) is 0 Å². The molecule has 2 fully saturated rings. The first-order valence-electron chi connectivity index (χ1n) is 8.51. The van der Waals surface area contributed by atoms with Gasteiger partial charge in [0, 0.05) is 37.0 Å². The first-order chi connectivity index (χ1) is 12.6. The van der Waals surface area contributed by atoms with E-state index in [1.54, 1.807) is 11.3 Å². The van der Waals surface area contributed by atoms with Crippen molar-refractivity contribution in [1.82, 2.24) is 9.80 Å². The van der Waals surface area contributed by atoms with E-state index in [0.29, 0.717) is 0 Å². The Morgan fingerprint density at radius 3 is 2.41 bits per heavy atom. The first kappa shape index (κ1) is 21.6. The van der Waals surface area contributed by atoms with Crippen molar-refractivity contribution < 1.29 is 32.6 Å². The van der Waals surface area contributed by atoms with Crippen LogP contribution in [0.2, 0.25) is 0 Å². The molecule has 1 amide bonds. The highest BCUT2D eigenvalue weighted by Gasteiger charge is 2.39. The molecule has 3 rings (SSSR count). The third kappa shape index (κ3) is 6.18. The minimum Gasteiger partial charge on any atom is -0.475 e. The van der Waals surface area contributed by atoms with Gasteiger partial charge < -0.3 is 19.6 Å². The molecule has 1 spiro atoms. The first-order valence-corrected chi connectivity index (χ1v) is 9.45. The molecule has 2 aliphatic heterocycles. The molecule has 2 saturated heterocycles. The quantitative estimate of drug-likeness (QED) is 0.774. The molecular weight excluding hydrogens is 385 g/mol. The van der Waals surface area contributed by atoms with E-state index in [0.717, 1.165) is 57.8 Å². The maximum atomic E-state index is 12.4. The predicted molar refractivity (Wildman–Crippen MR) is 93.9 cm³/mol. The second-order valence-corrected chi connectivity index (χ2v) is 7.68. The van der Waals surface area contributed by atoms with Crippen molar-refractivity contribution in [1.29, 1.82) is 0 Å². The van der Waals surface area contributed by atoms with E-state index < -0.39 is 12.1 Å². The monoisotopic (exact) mass is 408 g/mol. The van der Waals surface area contributed by atoms with Crippen LogP contribution in [0.4, 0.5) is 13.2 Å². The molecule has 10 heteroatoms. The number of halogens is 3. The van der Waals surface area contributed by atoms with Gasteiger partial charge in [0.05, 0.1) is 18.8 Å². The molecule has 6 nitrogen and oxygen atoms in total. The molecule has 0 bridgehead atoms. The van der Waals surface area contributed by atoms with Crippen LogP contribution < -0.4 is 0 Å². The summed E-state index contributed by atoms with van der Waals surface area (Å²) in [6.07, 6.45) is -2.99. The van der Waals surface area contributed by atoms with Crippen LogP contribution in [0.15, 0.2) is 16.8 Å². The molecule has 27 heavy (non-hydrogen) atoms. The number of carbonyl (C=O) groups excluding carboxylic acids is 1. The van der Waals surface area contributed by atoms with E-state index >= 15 is 0 Å². The van der Waals surface area contributed by atoms with E-state index in [1.165, 1.54) is 0 Å². The van der Waals surface area contributed by atoms with Gasteiger partial charge in [0.25, 0.3) is 5.91 Å². The molecule has 0 saturated carbocycles. The third-order valence-electron chi connectivity index (χ3n) is 4.75. The number of thiophene rings is 1. The zero-order valence-corrected chi connectivity index (χ0v) is 15.8. The number of hydrogen-bond donors (Lipinski definition) is 1. The van der Waals surface area contributed by atoms with Crippen LogP contribution in [-0.2, 0) is 9.53 Å². The van der Waals surface area contributed by atoms with Crippen molar-refractivity contribution >= 4 is 23.2 Å². The summed E-state index contributed by atoms with van der Waals surface area (Å²) < 4.78 is 37.5. The van der Waals surface area contributed by atoms with E-state index in [1.807, 2.05) is 21.7 Å². The molecule has 2 aliphatic rings. The minimum absolute atomic E-state index is 0.184. The van der Waals surface area contributed by atoms with Gasteiger partial charge in [0.15, 0.2) is 0 Å². The lowest BCUT2D eigenvalue weighted by molar-refractivity contribution is -0.192. The molecule has 3 heterocycles. The van der Waals surface area contributed by atoms with Crippen molar-refractivity contribution in [2.75, 3.05) is 46.4 Å². The number of amides is 1. The second-order valence-electron chi connectivity index (χ2n) is 6.90. The Morgan fingerprint density at radius 1 is 1.26 bits per heavy atom. The Morgan fingerprint density at radius 2 is 1.89 bits per heavy atom. The van der Waals surface area contributed by atoms with Crippen molar-refractivity contribution in [2.45, 2.75) is 19.0 Å². The summed E-state index contributed by atoms with van der Waals surface area (Å²) in [5.41, 5.74) is 1.08. The van der Waals surface area contributed by atoms with Gasteiger partial charge in [-0.25, -0.2) is 4.79 Å². The van der Waals surface area contributed by atoms with Crippen molar-refractivity contribution in [3.05, 3.63) is 22.4 Å². The van der Waals surface area contributed by atoms with Crippen LogP contribution in [-0.4, -0.2) is 79.4 Å². The minimum atomic E-state index is -5.08. The maximum absolute atomic E-state index is 12.4. The Kier molecular flexibility index (Phi) is 7.24. The Balaban J connectivity index is 0.000000321. The van der Waals surface area contributed by atoms with Crippen LogP contribution in [0.5, 0.6) is 0 Å². The number of carboxylic acid groups (broad SMARTS) is 1. The van der Waals surface area contributed by atoms with Crippen LogP contribution in [0, 0.1) is 5.41 Å². The van der Waals surface area contributed by atoms with Gasteiger partial charge in [-0.1, -0.05) is 0 Å². The standard InChI is InChI=1S/C15H22N2O2S.C2HF3O2/c1-16-7-8-19-12-15(11-16)3-5-17(6-4-15)14(18)13-2-9-20-10-13;3-2(4,5)1(6)7/h2,9-10H,3-8,11-12H2,1H3;(H,6,7). The average molecular weight is 408 g/mol. The fourth-order valence-corrected chi connectivity index (χ4v) is 3.89. The highest BCUT2D eigenvalue weighted by molar-refractivity contribution is 7.08. The summed E-state index contributed by atoms with van der Waals surface area (Å²) in [6, 6.07) is 1.92. The van der Waals surface area contributed by atoms with Crippen LogP contribution in [0.1, 0.15) is 23.2 Å². The third-order valence-corrected chi connectivity index (χ3v) is 5.44. The number of likely N-dealkylation sites (tertiary alicyclic amines) is 1. The van der Waals surface area contributed by atoms with Gasteiger partial charge in [-0.05, 0) is 31.3 Å². The summed E-state index contributed by atoms with van der Waals surface area (Å²) in [6.45, 7) is 5.48. The smallest absolute Gasteiger partial charge is 0.475 e. The van der Waals surface area contributed by atoms with Crippen molar-refractivity contribution in [3.63, 3.8) is 0 Å². The lowest BCUT2D eigenvalue weighted by Gasteiger charge is -2.42. The van der Waals surface area contributed by atoms with Gasteiger partial charge in [-0.3, -0.25) is 4.79 Å². The number of piperidine rings is 1. The normalized spacial score (nSPS) is 20.5. The molecule has 1 aromatic rings. The number of hydrogen-bond acceptors (Lipinski definition) is 5. The topological polar surface area (TPSA) is 70.1 Å². The zero-order valence-electron chi connectivity index (χ0n) is 15.0. The van der Waals surface area contributed by atoms with E-state index in [4.69, 9.17) is 14.6 Å². The second kappa shape index (κ2) is 9.03. The van der Waals surface area contributed by atoms with Gasteiger partial charge in [0.1, 0.15) is 0 Å². The maximum Gasteiger partial charge on any atom is 0.490 e. The fraction of sp³-hybridized carbons (Fsp3) is 0.647. The van der Waals surface area contributed by atoms with Gasteiger partial charge in [-0.2, -0.15) is 24.5 Å². The molecule has 0 unspecified atom stereocenters. The fourth-order valence-electron chi connectivity index (χ4n) is 3.26. The number of ether oxygens (including phenoxy) is 1. The Bertz CT molecular complexity index is 629. The molecule has 1 N–H and O–H groups in total. The van der Waals surface area contributed by atoms with E-state index in [-0.39, 0.29) is 11.3 Å².